The lowest BCUT2D eigenvalue weighted by molar-refractivity contribution is 0.318. The van der Waals surface area contributed by atoms with Gasteiger partial charge >= 0.3 is 0 Å². The second-order valence-corrected chi connectivity index (χ2v) is 6.66. The molecule has 4 nitrogen and oxygen atoms in total. The standard InChI is InChI=1S/C21H24F2N4/c1-3-5-19(26-21(24)25)27-11-10-14-13(2)8-9-15(16(14)12-27)20-17(22)6-4-7-18(20)23/h4-9H,3,10-12H2,1-2H3,(H4,24,25,26)/b19-5-. The molecule has 0 aliphatic carbocycles. The van der Waals surface area contributed by atoms with Crippen molar-refractivity contribution < 1.29 is 8.78 Å². The normalized spacial score (nSPS) is 14.1. The highest BCUT2D eigenvalue weighted by atomic mass is 19.1. The molecule has 1 aliphatic rings. The molecule has 0 spiro atoms. The molecule has 1 heterocycles. The summed E-state index contributed by atoms with van der Waals surface area (Å²) in [6.45, 7) is 5.25. The van der Waals surface area contributed by atoms with E-state index in [2.05, 4.69) is 4.99 Å². The Balaban J connectivity index is 2.11. The number of nitrogens with two attached hydrogens (primary N) is 2. The van der Waals surface area contributed by atoms with Gasteiger partial charge in [-0.15, -0.1) is 0 Å². The maximum absolute atomic E-state index is 14.4. The zero-order valence-corrected chi connectivity index (χ0v) is 15.6. The topological polar surface area (TPSA) is 67.6 Å². The lowest BCUT2D eigenvalue weighted by Crippen LogP contribution is -2.32. The van der Waals surface area contributed by atoms with Crippen molar-refractivity contribution in [2.24, 2.45) is 16.5 Å². The van der Waals surface area contributed by atoms with E-state index in [0.717, 1.165) is 36.1 Å². The Kier molecular flexibility index (Phi) is 5.44. The summed E-state index contributed by atoms with van der Waals surface area (Å²) in [5.41, 5.74) is 14.9. The van der Waals surface area contributed by atoms with Crippen LogP contribution in [0.3, 0.4) is 0 Å². The molecular weight excluding hydrogens is 346 g/mol. The molecule has 1 aliphatic heterocycles. The maximum Gasteiger partial charge on any atom is 0.192 e. The second kappa shape index (κ2) is 7.78. The Morgan fingerprint density at radius 1 is 1.15 bits per heavy atom. The highest BCUT2D eigenvalue weighted by Crippen LogP contribution is 2.36. The van der Waals surface area contributed by atoms with Gasteiger partial charge in [-0.2, -0.15) is 4.99 Å². The predicted molar refractivity (Wildman–Crippen MR) is 105 cm³/mol. The van der Waals surface area contributed by atoms with Gasteiger partial charge in [-0.3, -0.25) is 0 Å². The van der Waals surface area contributed by atoms with Crippen LogP contribution in [0.5, 0.6) is 0 Å². The Bertz CT molecular complexity index is 894. The smallest absolute Gasteiger partial charge is 0.192 e. The molecule has 0 fully saturated rings. The lowest BCUT2D eigenvalue weighted by Gasteiger charge is -2.33. The Morgan fingerprint density at radius 3 is 2.48 bits per heavy atom. The highest BCUT2D eigenvalue weighted by molar-refractivity contribution is 5.77. The molecular formula is C21H24F2N4. The zero-order valence-electron chi connectivity index (χ0n) is 15.6. The summed E-state index contributed by atoms with van der Waals surface area (Å²) in [7, 11) is 0. The first-order valence-corrected chi connectivity index (χ1v) is 9.02. The number of rotatable bonds is 4. The summed E-state index contributed by atoms with van der Waals surface area (Å²) in [5.74, 6) is -0.451. The van der Waals surface area contributed by atoms with Crippen LogP contribution in [-0.2, 0) is 13.0 Å². The van der Waals surface area contributed by atoms with Crippen molar-refractivity contribution in [1.82, 2.24) is 4.90 Å². The Labute approximate surface area is 158 Å². The number of guanidine groups is 1. The summed E-state index contributed by atoms with van der Waals surface area (Å²) in [6.07, 6.45) is 3.48. The van der Waals surface area contributed by atoms with Gasteiger partial charge in [-0.05, 0) is 60.2 Å². The van der Waals surface area contributed by atoms with E-state index >= 15 is 0 Å². The Morgan fingerprint density at radius 2 is 1.85 bits per heavy atom. The van der Waals surface area contributed by atoms with Crippen molar-refractivity contribution in [3.05, 3.63) is 70.6 Å². The molecule has 6 heteroatoms. The minimum Gasteiger partial charge on any atom is -0.370 e. The van der Waals surface area contributed by atoms with Crippen LogP contribution in [0.4, 0.5) is 8.78 Å². The average molecular weight is 370 g/mol. The molecule has 0 amide bonds. The number of hydrogen-bond donors (Lipinski definition) is 2. The monoisotopic (exact) mass is 370 g/mol. The van der Waals surface area contributed by atoms with Gasteiger partial charge in [0, 0.05) is 13.1 Å². The summed E-state index contributed by atoms with van der Waals surface area (Å²) >= 11 is 0. The number of benzene rings is 2. The van der Waals surface area contributed by atoms with Gasteiger partial charge < -0.3 is 16.4 Å². The molecule has 142 valence electrons. The second-order valence-electron chi connectivity index (χ2n) is 6.66. The molecule has 0 atom stereocenters. The van der Waals surface area contributed by atoms with Gasteiger partial charge in [0.15, 0.2) is 5.96 Å². The van der Waals surface area contributed by atoms with E-state index < -0.39 is 11.6 Å². The number of halogens is 2. The van der Waals surface area contributed by atoms with E-state index in [9.17, 15) is 8.78 Å². The maximum atomic E-state index is 14.4. The number of hydrogen-bond acceptors (Lipinski definition) is 2. The molecule has 2 aromatic carbocycles. The van der Waals surface area contributed by atoms with Gasteiger partial charge in [-0.25, -0.2) is 8.78 Å². The molecule has 0 saturated heterocycles. The first kappa shape index (κ1) is 18.9. The fourth-order valence-corrected chi connectivity index (χ4v) is 3.60. The van der Waals surface area contributed by atoms with E-state index in [4.69, 9.17) is 11.5 Å². The largest absolute Gasteiger partial charge is 0.370 e. The van der Waals surface area contributed by atoms with Crippen molar-refractivity contribution in [2.75, 3.05) is 6.54 Å². The van der Waals surface area contributed by atoms with Crippen LogP contribution in [0.1, 0.15) is 30.0 Å². The van der Waals surface area contributed by atoms with Gasteiger partial charge in [0.05, 0.1) is 5.56 Å². The molecule has 0 radical (unpaired) electrons. The third-order valence-corrected chi connectivity index (χ3v) is 4.83. The van der Waals surface area contributed by atoms with E-state index in [0.29, 0.717) is 17.9 Å². The fourth-order valence-electron chi connectivity index (χ4n) is 3.60. The van der Waals surface area contributed by atoms with Crippen LogP contribution in [0.25, 0.3) is 11.1 Å². The quantitative estimate of drug-likeness (QED) is 0.635. The number of fused-ring (bicyclic) bond motifs is 1. The number of nitrogens with zero attached hydrogens (tertiary/aromatic N) is 2. The molecule has 0 unspecified atom stereocenters. The molecule has 3 rings (SSSR count). The molecule has 2 aromatic rings. The summed E-state index contributed by atoms with van der Waals surface area (Å²) in [5, 5.41) is 0. The van der Waals surface area contributed by atoms with E-state index in [1.807, 2.05) is 30.9 Å². The van der Waals surface area contributed by atoms with E-state index in [-0.39, 0.29) is 11.5 Å². The minimum atomic E-state index is -0.563. The van der Waals surface area contributed by atoms with Crippen molar-refractivity contribution in [3.8, 4) is 11.1 Å². The van der Waals surface area contributed by atoms with Gasteiger partial charge in [0.2, 0.25) is 0 Å². The van der Waals surface area contributed by atoms with Crippen LogP contribution >= 0.6 is 0 Å². The summed E-state index contributed by atoms with van der Waals surface area (Å²) < 4.78 is 28.9. The van der Waals surface area contributed by atoms with Gasteiger partial charge in [0.25, 0.3) is 0 Å². The average Bonchev–Trinajstić information content (AvgIpc) is 2.62. The number of aryl methyl sites for hydroxylation is 1. The van der Waals surface area contributed by atoms with Crippen molar-refractivity contribution in [2.45, 2.75) is 33.2 Å². The highest BCUT2D eigenvalue weighted by Gasteiger charge is 2.25. The third kappa shape index (κ3) is 3.79. The van der Waals surface area contributed by atoms with Gasteiger partial charge in [0.1, 0.15) is 17.5 Å². The third-order valence-electron chi connectivity index (χ3n) is 4.83. The zero-order chi connectivity index (χ0) is 19.6. The lowest BCUT2D eigenvalue weighted by atomic mass is 9.88. The van der Waals surface area contributed by atoms with Crippen LogP contribution in [-0.4, -0.2) is 17.4 Å². The number of allylic oxidation sites excluding steroid dienone is 1. The van der Waals surface area contributed by atoms with Crippen LogP contribution in [0, 0.1) is 18.6 Å². The fraction of sp³-hybridized carbons (Fsp3) is 0.286. The van der Waals surface area contributed by atoms with E-state index in [1.54, 1.807) is 6.07 Å². The van der Waals surface area contributed by atoms with Crippen LogP contribution in [0.15, 0.2) is 47.2 Å². The summed E-state index contributed by atoms with van der Waals surface area (Å²) in [4.78, 5) is 6.28. The minimum absolute atomic E-state index is 0.00916. The molecule has 27 heavy (non-hydrogen) atoms. The SMILES string of the molecule is CC/C=C(/N=C(N)N)N1CCc2c(C)ccc(-c3c(F)cccc3F)c2C1. The van der Waals surface area contributed by atoms with Crippen molar-refractivity contribution >= 4 is 5.96 Å². The van der Waals surface area contributed by atoms with Crippen molar-refractivity contribution in [3.63, 3.8) is 0 Å². The molecule has 4 N–H and O–H groups in total. The van der Waals surface area contributed by atoms with Crippen LogP contribution in [0.2, 0.25) is 0 Å². The number of aliphatic imine (C=N–C) groups is 1. The van der Waals surface area contributed by atoms with Crippen LogP contribution < -0.4 is 11.5 Å². The first-order valence-electron chi connectivity index (χ1n) is 9.02. The van der Waals surface area contributed by atoms with Crippen molar-refractivity contribution in [1.29, 1.82) is 0 Å². The molecule has 0 saturated carbocycles. The van der Waals surface area contributed by atoms with E-state index in [1.165, 1.54) is 18.2 Å². The summed E-state index contributed by atoms with van der Waals surface area (Å²) in [6, 6.07) is 7.67. The first-order chi connectivity index (χ1) is 12.9. The Hall–Kier alpha value is -2.89. The molecule has 0 bridgehead atoms. The predicted octanol–water partition coefficient (Wildman–Crippen LogP) is 3.82. The van der Waals surface area contributed by atoms with Gasteiger partial charge in [-0.1, -0.05) is 25.1 Å². The molecule has 0 aromatic heterocycles.